The van der Waals surface area contributed by atoms with Gasteiger partial charge >= 0.3 is 0 Å². The van der Waals surface area contributed by atoms with Crippen molar-refractivity contribution in [3.8, 4) is 12.3 Å². The Morgan fingerprint density at radius 2 is 2.50 bits per heavy atom. The van der Waals surface area contributed by atoms with Crippen LogP contribution in [0, 0.1) is 12.3 Å². The first-order chi connectivity index (χ1) is 2.81. The molecule has 0 rings (SSSR count). The first kappa shape index (κ1) is 6.00. The van der Waals surface area contributed by atoms with E-state index in [4.69, 9.17) is 6.42 Å². The zero-order valence-corrected chi connectivity index (χ0v) is 5.03. The first-order valence-electron chi connectivity index (χ1n) is 1.36. The molecule has 2 heteroatoms. The van der Waals surface area contributed by atoms with E-state index in [-0.39, 0.29) is 0 Å². The van der Waals surface area contributed by atoms with Crippen molar-refractivity contribution < 1.29 is 0 Å². The standard InChI is InChI=1S/C4H4S2/c1-3-4(5)6-2/h1H,2H3. The lowest BCUT2D eigenvalue weighted by molar-refractivity contribution is 2.53. The highest BCUT2D eigenvalue weighted by molar-refractivity contribution is 8.23. The van der Waals surface area contributed by atoms with Crippen molar-refractivity contribution in [2.24, 2.45) is 0 Å². The van der Waals surface area contributed by atoms with E-state index in [0.717, 1.165) is 0 Å². The van der Waals surface area contributed by atoms with E-state index in [1.54, 1.807) is 0 Å². The molecule has 0 nitrogen and oxygen atoms in total. The fourth-order valence-electron chi connectivity index (χ4n) is 0.0589. The Bertz CT molecular complexity index is 88.2. The fraction of sp³-hybridized carbons (Fsp3) is 0.250. The van der Waals surface area contributed by atoms with Gasteiger partial charge in [0.1, 0.15) is 4.20 Å². The summed E-state index contributed by atoms with van der Waals surface area (Å²) in [6, 6.07) is 0. The van der Waals surface area contributed by atoms with Gasteiger partial charge in [-0.25, -0.2) is 0 Å². The molecular formula is C4H4S2. The molecule has 0 atom stereocenters. The average Bonchev–Trinajstić information content (AvgIpc) is 1.65. The summed E-state index contributed by atoms with van der Waals surface area (Å²) in [5.41, 5.74) is 0. The minimum atomic E-state index is 0.620. The maximum absolute atomic E-state index is 4.87. The Balaban J connectivity index is 3.33. The molecule has 0 aliphatic rings. The molecule has 0 aliphatic carbocycles. The largest absolute Gasteiger partial charge is 0.120 e. The van der Waals surface area contributed by atoms with Crippen molar-refractivity contribution >= 4 is 28.2 Å². The van der Waals surface area contributed by atoms with Gasteiger partial charge in [-0.15, -0.1) is 18.2 Å². The van der Waals surface area contributed by atoms with Gasteiger partial charge in [-0.3, -0.25) is 0 Å². The van der Waals surface area contributed by atoms with Crippen LogP contribution in [0.5, 0.6) is 0 Å². The van der Waals surface area contributed by atoms with E-state index >= 15 is 0 Å². The smallest absolute Gasteiger partial charge is 0.113 e. The number of hydrogen-bond acceptors (Lipinski definition) is 2. The molecule has 0 radical (unpaired) electrons. The van der Waals surface area contributed by atoms with Crippen molar-refractivity contribution in [3.63, 3.8) is 0 Å². The van der Waals surface area contributed by atoms with Gasteiger partial charge in [0, 0.05) is 0 Å². The van der Waals surface area contributed by atoms with Gasteiger partial charge < -0.3 is 0 Å². The van der Waals surface area contributed by atoms with E-state index in [1.807, 2.05) is 6.26 Å². The van der Waals surface area contributed by atoms with Crippen LogP contribution in [0.2, 0.25) is 0 Å². The number of thiocarbonyl (C=S) groups is 1. The van der Waals surface area contributed by atoms with Crippen molar-refractivity contribution in [1.82, 2.24) is 0 Å². The predicted octanol–water partition coefficient (Wildman–Crippen LogP) is 1.31. The predicted molar refractivity (Wildman–Crippen MR) is 34.9 cm³/mol. The molecule has 0 saturated carbocycles. The van der Waals surface area contributed by atoms with E-state index in [0.29, 0.717) is 4.20 Å². The van der Waals surface area contributed by atoms with Crippen molar-refractivity contribution in [1.29, 1.82) is 0 Å². The summed E-state index contributed by atoms with van der Waals surface area (Å²) >= 11 is 6.00. The van der Waals surface area contributed by atoms with Gasteiger partial charge in [-0.2, -0.15) is 0 Å². The summed E-state index contributed by atoms with van der Waals surface area (Å²) in [5, 5.41) is 0. The normalized spacial score (nSPS) is 6.67. The Hall–Kier alpha value is -0.000000000000000111. The third-order valence-corrected chi connectivity index (χ3v) is 1.41. The summed E-state index contributed by atoms with van der Waals surface area (Å²) in [6.07, 6.45) is 6.73. The van der Waals surface area contributed by atoms with Crippen LogP contribution in [-0.4, -0.2) is 10.5 Å². The molecule has 0 spiro atoms. The second kappa shape index (κ2) is 3.20. The van der Waals surface area contributed by atoms with Gasteiger partial charge in [0.25, 0.3) is 0 Å². The Kier molecular flexibility index (Phi) is 3.20. The SMILES string of the molecule is C#CC(=S)SC. The molecule has 6 heavy (non-hydrogen) atoms. The van der Waals surface area contributed by atoms with E-state index in [9.17, 15) is 0 Å². The maximum atomic E-state index is 4.87. The van der Waals surface area contributed by atoms with E-state index in [2.05, 4.69) is 18.1 Å². The van der Waals surface area contributed by atoms with Gasteiger partial charge in [-0.1, -0.05) is 18.1 Å². The van der Waals surface area contributed by atoms with Crippen LogP contribution in [0.3, 0.4) is 0 Å². The summed E-state index contributed by atoms with van der Waals surface area (Å²) in [4.78, 5) is 0. The van der Waals surface area contributed by atoms with Gasteiger partial charge in [-0.05, 0) is 6.26 Å². The van der Waals surface area contributed by atoms with Crippen LogP contribution in [0.25, 0.3) is 0 Å². The monoisotopic (exact) mass is 116 g/mol. The fourth-order valence-corrected chi connectivity index (χ4v) is 0.177. The van der Waals surface area contributed by atoms with Gasteiger partial charge in [0.2, 0.25) is 0 Å². The molecule has 0 unspecified atom stereocenters. The highest BCUT2D eigenvalue weighted by Gasteiger charge is 1.77. The summed E-state index contributed by atoms with van der Waals surface area (Å²) < 4.78 is 0.620. The molecule has 0 heterocycles. The van der Waals surface area contributed by atoms with Crippen LogP contribution in [-0.2, 0) is 0 Å². The Labute approximate surface area is 47.3 Å². The minimum absolute atomic E-state index is 0.620. The average molecular weight is 116 g/mol. The third-order valence-electron chi connectivity index (χ3n) is 0.303. The molecule has 0 N–H and O–H groups in total. The van der Waals surface area contributed by atoms with Crippen LogP contribution >= 0.6 is 24.0 Å². The molecule has 0 fully saturated rings. The van der Waals surface area contributed by atoms with Gasteiger partial charge in [0.15, 0.2) is 0 Å². The molecule has 0 bridgehead atoms. The van der Waals surface area contributed by atoms with Crippen molar-refractivity contribution in [2.75, 3.05) is 6.26 Å². The number of terminal acetylenes is 1. The zero-order chi connectivity index (χ0) is 4.99. The lowest BCUT2D eigenvalue weighted by Gasteiger charge is -1.76. The van der Waals surface area contributed by atoms with Crippen molar-refractivity contribution in [2.45, 2.75) is 0 Å². The first-order valence-corrected chi connectivity index (χ1v) is 2.99. The minimum Gasteiger partial charge on any atom is -0.113 e. The van der Waals surface area contributed by atoms with E-state index in [1.165, 1.54) is 11.8 Å². The summed E-state index contributed by atoms with van der Waals surface area (Å²) in [7, 11) is 0. The van der Waals surface area contributed by atoms with Crippen LogP contribution in [0.1, 0.15) is 0 Å². The molecule has 0 amide bonds. The maximum Gasteiger partial charge on any atom is 0.120 e. The van der Waals surface area contributed by atoms with E-state index < -0.39 is 0 Å². The Morgan fingerprint density at radius 1 is 2.00 bits per heavy atom. The third kappa shape index (κ3) is 2.25. The number of rotatable bonds is 0. The number of thioether (sulfide) groups is 1. The summed E-state index contributed by atoms with van der Waals surface area (Å²) in [5.74, 6) is 2.31. The lowest BCUT2D eigenvalue weighted by atomic mass is 10.8. The van der Waals surface area contributed by atoms with Gasteiger partial charge in [0.05, 0.1) is 0 Å². The van der Waals surface area contributed by atoms with Crippen LogP contribution < -0.4 is 0 Å². The molecule has 0 aromatic rings. The molecule has 0 aliphatic heterocycles. The second-order valence-corrected chi connectivity index (χ2v) is 2.12. The second-order valence-electron chi connectivity index (χ2n) is 0.636. The quantitative estimate of drug-likeness (QED) is 0.346. The topological polar surface area (TPSA) is 0 Å². The van der Waals surface area contributed by atoms with Crippen LogP contribution in [0.4, 0.5) is 0 Å². The lowest BCUT2D eigenvalue weighted by Crippen LogP contribution is -1.72. The van der Waals surface area contributed by atoms with Crippen LogP contribution in [0.15, 0.2) is 0 Å². The molecule has 0 aromatic carbocycles. The number of hydrogen-bond donors (Lipinski definition) is 0. The summed E-state index contributed by atoms with van der Waals surface area (Å²) in [6.45, 7) is 0. The highest BCUT2D eigenvalue weighted by atomic mass is 32.2. The molecular weight excluding hydrogens is 112 g/mol. The molecule has 32 valence electrons. The van der Waals surface area contributed by atoms with Crippen molar-refractivity contribution in [3.05, 3.63) is 0 Å². The highest BCUT2D eigenvalue weighted by Crippen LogP contribution is 1.93. The molecule has 0 aromatic heterocycles. The zero-order valence-electron chi connectivity index (χ0n) is 3.39. The molecule has 0 saturated heterocycles. The Morgan fingerprint density at radius 3 is 2.50 bits per heavy atom.